The lowest BCUT2D eigenvalue weighted by Crippen LogP contribution is -2.47. The van der Waals surface area contributed by atoms with Crippen molar-refractivity contribution >= 4 is 16.7 Å². The molecule has 2 aromatic rings. The van der Waals surface area contributed by atoms with E-state index in [1.807, 2.05) is 4.90 Å². The van der Waals surface area contributed by atoms with Crippen LogP contribution in [0.4, 0.5) is 0 Å². The molecule has 0 aromatic heterocycles. The molecule has 0 aliphatic carbocycles. The van der Waals surface area contributed by atoms with Crippen LogP contribution in [0.1, 0.15) is 31.2 Å². The van der Waals surface area contributed by atoms with E-state index in [-0.39, 0.29) is 11.9 Å². The normalized spacial score (nSPS) is 18.6. The van der Waals surface area contributed by atoms with Gasteiger partial charge in [0.15, 0.2) is 0 Å². The molecule has 0 unspecified atom stereocenters. The first-order chi connectivity index (χ1) is 12.7. The minimum absolute atomic E-state index is 0.00988. The summed E-state index contributed by atoms with van der Waals surface area (Å²) in [6.45, 7) is 2.83. The van der Waals surface area contributed by atoms with Gasteiger partial charge in [0.1, 0.15) is 0 Å². The third-order valence-corrected chi connectivity index (χ3v) is 5.42. The number of benzene rings is 2. The number of rotatable bonds is 6. The average molecular weight is 354 g/mol. The Balaban J connectivity index is 1.84. The number of hydrogen-bond acceptors (Lipinski definition) is 3. The highest BCUT2D eigenvalue weighted by molar-refractivity contribution is 5.87. The van der Waals surface area contributed by atoms with Gasteiger partial charge in [-0.2, -0.15) is 0 Å². The van der Waals surface area contributed by atoms with Crippen LogP contribution in [0.3, 0.4) is 0 Å². The number of ether oxygens (including phenoxy) is 1. The number of nitrogens with zero attached hydrogens (tertiary/aromatic N) is 2. The first kappa shape index (κ1) is 18.9. The van der Waals surface area contributed by atoms with Crippen LogP contribution in [0.5, 0.6) is 0 Å². The number of amides is 1. The maximum atomic E-state index is 13.3. The van der Waals surface area contributed by atoms with Gasteiger partial charge in [0.25, 0.3) is 0 Å². The van der Waals surface area contributed by atoms with Crippen LogP contribution in [0, 0.1) is 0 Å². The summed E-state index contributed by atoms with van der Waals surface area (Å²) in [5.41, 5.74) is 1.20. The van der Waals surface area contributed by atoms with Gasteiger partial charge in [-0.25, -0.2) is 0 Å². The highest BCUT2D eigenvalue weighted by atomic mass is 16.5. The van der Waals surface area contributed by atoms with E-state index in [9.17, 15) is 4.79 Å². The zero-order valence-corrected chi connectivity index (χ0v) is 16.0. The third-order valence-electron chi connectivity index (χ3n) is 5.42. The largest absolute Gasteiger partial charge is 0.383 e. The van der Waals surface area contributed by atoms with Gasteiger partial charge in [0, 0.05) is 20.2 Å². The second-order valence-corrected chi connectivity index (χ2v) is 7.24. The standard InChI is InChI=1S/C22H30N2O2/c1-23-14-7-3-4-13-21(23)22(25)24(15-16-26-2)17-19-11-8-10-18-9-5-6-12-20(18)19/h5-6,8-12,21H,3-4,7,13-17H2,1-2H3/t21-/m0/s1. The van der Waals surface area contributed by atoms with Gasteiger partial charge < -0.3 is 9.64 Å². The summed E-state index contributed by atoms with van der Waals surface area (Å²) < 4.78 is 5.28. The van der Waals surface area contributed by atoms with Crippen molar-refractivity contribution in [1.29, 1.82) is 0 Å². The van der Waals surface area contributed by atoms with Gasteiger partial charge >= 0.3 is 0 Å². The predicted octanol–water partition coefficient (Wildman–Crippen LogP) is 3.69. The maximum absolute atomic E-state index is 13.3. The van der Waals surface area contributed by atoms with Crippen molar-refractivity contribution in [3.8, 4) is 0 Å². The van der Waals surface area contributed by atoms with E-state index in [2.05, 4.69) is 54.4 Å². The molecule has 1 atom stereocenters. The monoisotopic (exact) mass is 354 g/mol. The zero-order valence-electron chi connectivity index (χ0n) is 16.0. The van der Waals surface area contributed by atoms with Gasteiger partial charge in [-0.3, -0.25) is 9.69 Å². The van der Waals surface area contributed by atoms with Gasteiger partial charge in [0.2, 0.25) is 5.91 Å². The molecule has 1 aliphatic heterocycles. The molecule has 1 fully saturated rings. The van der Waals surface area contributed by atoms with Crippen LogP contribution >= 0.6 is 0 Å². The Morgan fingerprint density at radius 1 is 1.15 bits per heavy atom. The molecule has 140 valence electrons. The van der Waals surface area contributed by atoms with Gasteiger partial charge in [-0.05, 0) is 42.8 Å². The molecule has 1 heterocycles. The molecule has 2 aromatic carbocycles. The van der Waals surface area contributed by atoms with Crippen LogP contribution < -0.4 is 0 Å². The molecule has 1 aliphatic rings. The van der Waals surface area contributed by atoms with Crippen LogP contribution in [0.15, 0.2) is 42.5 Å². The minimum atomic E-state index is -0.00988. The molecule has 3 rings (SSSR count). The second-order valence-electron chi connectivity index (χ2n) is 7.24. The minimum Gasteiger partial charge on any atom is -0.383 e. The number of carbonyl (C=O) groups is 1. The average Bonchev–Trinajstić information content (AvgIpc) is 2.89. The molecule has 0 spiro atoms. The van der Waals surface area contributed by atoms with Crippen molar-refractivity contribution in [2.75, 3.05) is 33.9 Å². The Bertz CT molecular complexity index is 726. The number of hydrogen-bond donors (Lipinski definition) is 0. The van der Waals surface area contributed by atoms with Gasteiger partial charge in [0.05, 0.1) is 12.6 Å². The quantitative estimate of drug-likeness (QED) is 0.793. The molecule has 1 saturated heterocycles. The van der Waals surface area contributed by atoms with Crippen molar-refractivity contribution in [2.24, 2.45) is 0 Å². The lowest BCUT2D eigenvalue weighted by atomic mass is 10.0. The van der Waals surface area contributed by atoms with Crippen molar-refractivity contribution in [3.05, 3.63) is 48.0 Å². The van der Waals surface area contributed by atoms with Crippen molar-refractivity contribution < 1.29 is 9.53 Å². The number of likely N-dealkylation sites (N-methyl/N-ethyl adjacent to an activating group) is 1. The summed E-state index contributed by atoms with van der Waals surface area (Å²) in [6, 6.07) is 14.7. The summed E-state index contributed by atoms with van der Waals surface area (Å²) in [6.07, 6.45) is 4.48. The number of carbonyl (C=O) groups excluding carboxylic acids is 1. The molecule has 0 bridgehead atoms. The number of fused-ring (bicyclic) bond motifs is 1. The fourth-order valence-electron chi connectivity index (χ4n) is 3.88. The van der Waals surface area contributed by atoms with Crippen LogP contribution in [-0.4, -0.2) is 55.6 Å². The first-order valence-electron chi connectivity index (χ1n) is 9.65. The fourth-order valence-corrected chi connectivity index (χ4v) is 3.88. The van der Waals surface area contributed by atoms with Crippen LogP contribution in [0.25, 0.3) is 10.8 Å². The smallest absolute Gasteiger partial charge is 0.240 e. The summed E-state index contributed by atoms with van der Waals surface area (Å²) in [5, 5.41) is 2.44. The summed E-state index contributed by atoms with van der Waals surface area (Å²) >= 11 is 0. The van der Waals surface area contributed by atoms with E-state index >= 15 is 0 Å². The Labute approximate surface area is 156 Å². The van der Waals surface area contributed by atoms with E-state index in [0.29, 0.717) is 19.7 Å². The molecule has 0 radical (unpaired) electrons. The zero-order chi connectivity index (χ0) is 18.4. The van der Waals surface area contributed by atoms with E-state index in [0.717, 1.165) is 19.4 Å². The number of likely N-dealkylation sites (tertiary alicyclic amines) is 1. The topological polar surface area (TPSA) is 32.8 Å². The SMILES string of the molecule is COCCN(Cc1cccc2ccccc12)C(=O)[C@@H]1CCCCCN1C. The predicted molar refractivity (Wildman–Crippen MR) is 106 cm³/mol. The maximum Gasteiger partial charge on any atom is 0.240 e. The van der Waals surface area contributed by atoms with Crippen LogP contribution in [-0.2, 0) is 16.1 Å². The van der Waals surface area contributed by atoms with Crippen molar-refractivity contribution in [2.45, 2.75) is 38.3 Å². The van der Waals surface area contributed by atoms with E-state index in [4.69, 9.17) is 4.74 Å². The molecule has 4 heteroatoms. The first-order valence-corrected chi connectivity index (χ1v) is 9.65. The second kappa shape index (κ2) is 9.15. The summed E-state index contributed by atoms with van der Waals surface area (Å²) in [4.78, 5) is 17.6. The highest BCUT2D eigenvalue weighted by Crippen LogP contribution is 2.22. The lowest BCUT2D eigenvalue weighted by molar-refractivity contribution is -0.138. The molecular formula is C22H30N2O2. The van der Waals surface area contributed by atoms with Gasteiger partial charge in [-0.15, -0.1) is 0 Å². The van der Waals surface area contributed by atoms with Crippen LogP contribution in [0.2, 0.25) is 0 Å². The molecule has 0 N–H and O–H groups in total. The van der Waals surface area contributed by atoms with E-state index in [1.165, 1.54) is 29.2 Å². The highest BCUT2D eigenvalue weighted by Gasteiger charge is 2.29. The Kier molecular flexibility index (Phi) is 6.64. The molecular weight excluding hydrogens is 324 g/mol. The summed E-state index contributed by atoms with van der Waals surface area (Å²) in [7, 11) is 3.78. The molecule has 26 heavy (non-hydrogen) atoms. The lowest BCUT2D eigenvalue weighted by Gasteiger charge is -2.31. The van der Waals surface area contributed by atoms with Gasteiger partial charge in [-0.1, -0.05) is 55.3 Å². The molecule has 1 amide bonds. The Morgan fingerprint density at radius 3 is 2.81 bits per heavy atom. The summed E-state index contributed by atoms with van der Waals surface area (Å²) in [5.74, 6) is 0.236. The van der Waals surface area contributed by atoms with Crippen molar-refractivity contribution in [1.82, 2.24) is 9.80 Å². The third kappa shape index (κ3) is 4.43. The number of methoxy groups -OCH3 is 1. The Hall–Kier alpha value is -1.91. The van der Waals surface area contributed by atoms with E-state index < -0.39 is 0 Å². The Morgan fingerprint density at radius 2 is 1.96 bits per heavy atom. The molecule has 4 nitrogen and oxygen atoms in total. The molecule has 0 saturated carbocycles. The van der Waals surface area contributed by atoms with E-state index in [1.54, 1.807) is 7.11 Å². The van der Waals surface area contributed by atoms with Crippen molar-refractivity contribution in [3.63, 3.8) is 0 Å². The fraction of sp³-hybridized carbons (Fsp3) is 0.500.